The SMILES string of the molecule is CC(C)N(C)Cc1nc[nH]c(=O)c1CI. The number of halogens is 1. The average molecular weight is 321 g/mol. The maximum atomic E-state index is 11.5. The lowest BCUT2D eigenvalue weighted by Gasteiger charge is -2.21. The molecule has 15 heavy (non-hydrogen) atoms. The van der Waals surface area contributed by atoms with E-state index in [0.717, 1.165) is 17.8 Å². The highest BCUT2D eigenvalue weighted by Gasteiger charge is 2.11. The van der Waals surface area contributed by atoms with Crippen LogP contribution in [0.3, 0.4) is 0 Å². The van der Waals surface area contributed by atoms with Crippen LogP contribution in [0.25, 0.3) is 0 Å². The molecule has 0 aliphatic rings. The Morgan fingerprint density at radius 3 is 2.80 bits per heavy atom. The Morgan fingerprint density at radius 2 is 2.27 bits per heavy atom. The summed E-state index contributed by atoms with van der Waals surface area (Å²) in [5, 5.41) is 0. The molecule has 5 heteroatoms. The van der Waals surface area contributed by atoms with Crippen molar-refractivity contribution in [2.45, 2.75) is 30.9 Å². The van der Waals surface area contributed by atoms with Crippen LogP contribution < -0.4 is 5.56 Å². The minimum absolute atomic E-state index is 0.0217. The second-order valence-electron chi connectivity index (χ2n) is 3.80. The molecule has 0 bridgehead atoms. The molecule has 0 atom stereocenters. The number of nitrogens with one attached hydrogen (secondary N) is 1. The van der Waals surface area contributed by atoms with Gasteiger partial charge in [-0.05, 0) is 20.9 Å². The first-order valence-electron chi connectivity index (χ1n) is 4.88. The van der Waals surface area contributed by atoms with Gasteiger partial charge >= 0.3 is 0 Å². The van der Waals surface area contributed by atoms with Gasteiger partial charge in [-0.25, -0.2) is 4.98 Å². The predicted molar refractivity (Wildman–Crippen MR) is 69.2 cm³/mol. The molecule has 1 heterocycles. The fourth-order valence-electron chi connectivity index (χ4n) is 1.16. The molecule has 84 valence electrons. The molecule has 1 aromatic heterocycles. The fourth-order valence-corrected chi connectivity index (χ4v) is 1.94. The van der Waals surface area contributed by atoms with E-state index < -0.39 is 0 Å². The van der Waals surface area contributed by atoms with E-state index in [1.165, 1.54) is 6.33 Å². The third-order valence-corrected chi connectivity index (χ3v) is 3.22. The van der Waals surface area contributed by atoms with Gasteiger partial charge in [-0.3, -0.25) is 9.69 Å². The van der Waals surface area contributed by atoms with Crippen molar-refractivity contribution in [3.05, 3.63) is 27.9 Å². The lowest BCUT2D eigenvalue weighted by molar-refractivity contribution is 0.262. The van der Waals surface area contributed by atoms with Crippen LogP contribution in [0.2, 0.25) is 0 Å². The maximum Gasteiger partial charge on any atom is 0.254 e. The van der Waals surface area contributed by atoms with E-state index >= 15 is 0 Å². The summed E-state index contributed by atoms with van der Waals surface area (Å²) in [4.78, 5) is 20.5. The van der Waals surface area contributed by atoms with Crippen LogP contribution in [0.15, 0.2) is 11.1 Å². The number of rotatable bonds is 4. The first kappa shape index (κ1) is 12.6. The molecule has 4 nitrogen and oxygen atoms in total. The van der Waals surface area contributed by atoms with E-state index in [0.29, 0.717) is 10.5 Å². The second-order valence-corrected chi connectivity index (χ2v) is 4.56. The van der Waals surface area contributed by atoms with Crippen LogP contribution in [0.4, 0.5) is 0 Å². The van der Waals surface area contributed by atoms with Crippen molar-refractivity contribution in [3.8, 4) is 0 Å². The van der Waals surface area contributed by atoms with Crippen molar-refractivity contribution in [2.75, 3.05) is 7.05 Å². The Balaban J connectivity index is 2.94. The number of hydrogen-bond acceptors (Lipinski definition) is 3. The molecule has 0 amide bonds. The zero-order valence-electron chi connectivity index (χ0n) is 9.25. The van der Waals surface area contributed by atoms with Gasteiger partial charge in [0.25, 0.3) is 5.56 Å². The largest absolute Gasteiger partial charge is 0.313 e. The maximum absolute atomic E-state index is 11.5. The van der Waals surface area contributed by atoms with Crippen molar-refractivity contribution in [2.24, 2.45) is 0 Å². The molecule has 0 aliphatic heterocycles. The lowest BCUT2D eigenvalue weighted by Crippen LogP contribution is -2.28. The Bertz CT molecular complexity index is 375. The Morgan fingerprint density at radius 1 is 1.60 bits per heavy atom. The summed E-state index contributed by atoms with van der Waals surface area (Å²) in [6, 6.07) is 0.452. The summed E-state index contributed by atoms with van der Waals surface area (Å²) in [5.74, 6) is 0. The van der Waals surface area contributed by atoms with Crippen LogP contribution >= 0.6 is 22.6 Å². The summed E-state index contributed by atoms with van der Waals surface area (Å²) in [5.41, 5.74) is 1.64. The highest BCUT2D eigenvalue weighted by molar-refractivity contribution is 14.1. The van der Waals surface area contributed by atoms with Gasteiger partial charge in [-0.2, -0.15) is 0 Å². The van der Waals surface area contributed by atoms with Crippen molar-refractivity contribution in [1.82, 2.24) is 14.9 Å². The molecular weight excluding hydrogens is 305 g/mol. The Kier molecular flexibility index (Phi) is 4.72. The molecule has 0 radical (unpaired) electrons. The molecular formula is C10H16IN3O. The standard InChI is InChI=1S/C10H16IN3O/c1-7(2)14(3)5-9-8(4-11)10(15)13-6-12-9/h6-7H,4-5H2,1-3H3,(H,12,13,15). The van der Waals surface area contributed by atoms with E-state index in [4.69, 9.17) is 0 Å². The minimum atomic E-state index is -0.0217. The molecule has 1 N–H and O–H groups in total. The molecule has 0 unspecified atom stereocenters. The molecule has 0 aromatic carbocycles. The number of aromatic nitrogens is 2. The third-order valence-electron chi connectivity index (χ3n) is 2.45. The van der Waals surface area contributed by atoms with Gasteiger partial charge in [-0.1, -0.05) is 22.6 Å². The zero-order valence-corrected chi connectivity index (χ0v) is 11.4. The molecule has 0 saturated heterocycles. The van der Waals surface area contributed by atoms with E-state index in [9.17, 15) is 4.79 Å². The van der Waals surface area contributed by atoms with Gasteiger partial charge in [0.1, 0.15) is 0 Å². The number of aromatic amines is 1. The van der Waals surface area contributed by atoms with Gasteiger partial charge in [0, 0.05) is 22.6 Å². The molecule has 1 rings (SSSR count). The summed E-state index contributed by atoms with van der Waals surface area (Å²) >= 11 is 2.19. The zero-order chi connectivity index (χ0) is 11.4. The van der Waals surface area contributed by atoms with Gasteiger partial charge in [-0.15, -0.1) is 0 Å². The van der Waals surface area contributed by atoms with Crippen LogP contribution in [-0.4, -0.2) is 28.0 Å². The van der Waals surface area contributed by atoms with E-state index in [-0.39, 0.29) is 5.56 Å². The average Bonchev–Trinajstić information content (AvgIpc) is 2.18. The smallest absolute Gasteiger partial charge is 0.254 e. The topological polar surface area (TPSA) is 49.0 Å². The summed E-state index contributed by atoms with van der Waals surface area (Å²) < 4.78 is 0.697. The normalized spacial score (nSPS) is 11.3. The Hall–Kier alpha value is -0.430. The summed E-state index contributed by atoms with van der Waals surface area (Å²) in [6.45, 7) is 4.97. The highest BCUT2D eigenvalue weighted by Crippen LogP contribution is 2.08. The van der Waals surface area contributed by atoms with Gasteiger partial charge < -0.3 is 4.98 Å². The van der Waals surface area contributed by atoms with E-state index in [1.54, 1.807) is 0 Å². The van der Waals surface area contributed by atoms with Crippen LogP contribution in [0, 0.1) is 0 Å². The minimum Gasteiger partial charge on any atom is -0.313 e. The van der Waals surface area contributed by atoms with Gasteiger partial charge in [0.05, 0.1) is 12.0 Å². The van der Waals surface area contributed by atoms with Crippen molar-refractivity contribution < 1.29 is 0 Å². The van der Waals surface area contributed by atoms with Gasteiger partial charge in [0.15, 0.2) is 0 Å². The van der Waals surface area contributed by atoms with Crippen molar-refractivity contribution in [3.63, 3.8) is 0 Å². The van der Waals surface area contributed by atoms with E-state index in [2.05, 4.69) is 51.3 Å². The second kappa shape index (κ2) is 5.60. The monoisotopic (exact) mass is 321 g/mol. The number of alkyl halides is 1. The van der Waals surface area contributed by atoms with Crippen LogP contribution in [0.1, 0.15) is 25.1 Å². The molecule has 1 aromatic rings. The molecule has 0 saturated carbocycles. The Labute approximate surface area is 103 Å². The quantitative estimate of drug-likeness (QED) is 0.676. The first-order chi connectivity index (χ1) is 7.06. The summed E-state index contributed by atoms with van der Waals surface area (Å²) in [6.07, 6.45) is 1.47. The summed E-state index contributed by atoms with van der Waals surface area (Å²) in [7, 11) is 2.03. The van der Waals surface area contributed by atoms with Crippen molar-refractivity contribution in [1.29, 1.82) is 0 Å². The molecule has 0 aliphatic carbocycles. The fraction of sp³-hybridized carbons (Fsp3) is 0.600. The molecule has 0 spiro atoms. The highest BCUT2D eigenvalue weighted by atomic mass is 127. The first-order valence-corrected chi connectivity index (χ1v) is 6.40. The van der Waals surface area contributed by atoms with Gasteiger partial charge in [0.2, 0.25) is 0 Å². The third kappa shape index (κ3) is 3.27. The van der Waals surface area contributed by atoms with Crippen LogP contribution in [-0.2, 0) is 11.0 Å². The number of nitrogens with zero attached hydrogens (tertiary/aromatic N) is 2. The van der Waals surface area contributed by atoms with E-state index in [1.807, 2.05) is 7.05 Å². The lowest BCUT2D eigenvalue weighted by atomic mass is 10.2. The molecule has 0 fully saturated rings. The number of H-pyrrole nitrogens is 1. The number of hydrogen-bond donors (Lipinski definition) is 1. The van der Waals surface area contributed by atoms with Crippen molar-refractivity contribution >= 4 is 22.6 Å². The predicted octanol–water partition coefficient (Wildman–Crippen LogP) is 1.55. The van der Waals surface area contributed by atoms with Crippen LogP contribution in [0.5, 0.6) is 0 Å².